The summed E-state index contributed by atoms with van der Waals surface area (Å²) in [6.45, 7) is 7.30. The van der Waals surface area contributed by atoms with E-state index in [0.717, 1.165) is 12.2 Å². The Labute approximate surface area is 103 Å². The van der Waals surface area contributed by atoms with Crippen LogP contribution in [-0.4, -0.2) is 25.2 Å². The van der Waals surface area contributed by atoms with Gasteiger partial charge in [-0.05, 0) is 32.9 Å². The van der Waals surface area contributed by atoms with Crippen molar-refractivity contribution in [1.82, 2.24) is 0 Å². The number of esters is 1. The number of hydrogen-bond donors (Lipinski definition) is 0. The highest BCUT2D eigenvalue weighted by Crippen LogP contribution is 2.17. The highest BCUT2D eigenvalue weighted by molar-refractivity contribution is 5.70. The van der Waals surface area contributed by atoms with Gasteiger partial charge in [0.1, 0.15) is 0 Å². The van der Waals surface area contributed by atoms with Crippen molar-refractivity contribution in [2.75, 3.05) is 18.1 Å². The number of para-hydroxylation sites is 1. The Morgan fingerprint density at radius 3 is 2.47 bits per heavy atom. The molecule has 1 atom stereocenters. The fraction of sp³-hybridized carbons (Fsp3) is 0.500. The highest BCUT2D eigenvalue weighted by Gasteiger charge is 2.16. The summed E-state index contributed by atoms with van der Waals surface area (Å²) in [6, 6.07) is 10.3. The number of benzene rings is 1. The minimum Gasteiger partial charge on any atom is -0.466 e. The summed E-state index contributed by atoms with van der Waals surface area (Å²) in [7, 11) is 0. The maximum atomic E-state index is 11.5. The zero-order valence-corrected chi connectivity index (χ0v) is 10.8. The van der Waals surface area contributed by atoms with Gasteiger partial charge in [0, 0.05) is 18.3 Å². The first kappa shape index (κ1) is 13.6. The molecular formula is C14H21NO2. The monoisotopic (exact) mass is 235 g/mol. The number of rotatable bonds is 6. The lowest BCUT2D eigenvalue weighted by Gasteiger charge is -2.29. The van der Waals surface area contributed by atoms with Gasteiger partial charge in [-0.1, -0.05) is 18.2 Å². The lowest BCUT2D eigenvalue weighted by Crippen LogP contribution is -2.35. The van der Waals surface area contributed by atoms with Crippen LogP contribution in [0.15, 0.2) is 30.3 Å². The summed E-state index contributed by atoms with van der Waals surface area (Å²) in [5, 5.41) is 0. The molecule has 3 nitrogen and oxygen atoms in total. The molecule has 0 aliphatic rings. The maximum absolute atomic E-state index is 11.5. The fourth-order valence-corrected chi connectivity index (χ4v) is 1.94. The number of ether oxygens (including phenoxy) is 1. The van der Waals surface area contributed by atoms with E-state index >= 15 is 0 Å². The Balaban J connectivity index is 2.65. The molecule has 1 aromatic rings. The average molecular weight is 235 g/mol. The summed E-state index contributed by atoms with van der Waals surface area (Å²) in [4.78, 5) is 13.7. The third kappa shape index (κ3) is 4.10. The van der Waals surface area contributed by atoms with Crippen LogP contribution in [0.2, 0.25) is 0 Å². The molecule has 0 N–H and O–H groups in total. The van der Waals surface area contributed by atoms with Gasteiger partial charge in [0.25, 0.3) is 0 Å². The molecule has 0 radical (unpaired) electrons. The van der Waals surface area contributed by atoms with E-state index in [2.05, 4.69) is 24.0 Å². The molecule has 0 saturated heterocycles. The molecule has 1 unspecified atom stereocenters. The predicted molar refractivity (Wildman–Crippen MR) is 70.2 cm³/mol. The third-order valence-corrected chi connectivity index (χ3v) is 2.73. The molecule has 0 aliphatic carbocycles. The normalized spacial score (nSPS) is 11.9. The SMILES string of the molecule is CCOC(=O)CC(C)N(CC)c1ccccc1. The average Bonchev–Trinajstić information content (AvgIpc) is 2.31. The van der Waals surface area contributed by atoms with Crippen molar-refractivity contribution in [1.29, 1.82) is 0 Å². The van der Waals surface area contributed by atoms with Crippen LogP contribution in [0.25, 0.3) is 0 Å². The van der Waals surface area contributed by atoms with Crippen LogP contribution in [0.3, 0.4) is 0 Å². The van der Waals surface area contributed by atoms with Crippen molar-refractivity contribution < 1.29 is 9.53 Å². The van der Waals surface area contributed by atoms with Crippen molar-refractivity contribution in [2.45, 2.75) is 33.2 Å². The molecule has 0 heterocycles. The van der Waals surface area contributed by atoms with Crippen molar-refractivity contribution >= 4 is 11.7 Å². The van der Waals surface area contributed by atoms with Crippen molar-refractivity contribution in [3.63, 3.8) is 0 Å². The van der Waals surface area contributed by atoms with Gasteiger partial charge in [-0.3, -0.25) is 4.79 Å². The number of anilines is 1. The minimum absolute atomic E-state index is 0.130. The first-order valence-electron chi connectivity index (χ1n) is 6.16. The zero-order chi connectivity index (χ0) is 12.7. The standard InChI is InChI=1S/C14H21NO2/c1-4-15(13-9-7-6-8-10-13)12(3)11-14(16)17-5-2/h6-10,12H,4-5,11H2,1-3H3. The molecular weight excluding hydrogens is 214 g/mol. The number of carbonyl (C=O) groups is 1. The summed E-state index contributed by atoms with van der Waals surface area (Å²) in [5.41, 5.74) is 1.15. The molecule has 1 aromatic carbocycles. The van der Waals surface area contributed by atoms with Crippen molar-refractivity contribution in [3.05, 3.63) is 30.3 Å². The molecule has 0 saturated carbocycles. The van der Waals surface area contributed by atoms with Crippen molar-refractivity contribution in [2.24, 2.45) is 0 Å². The van der Waals surface area contributed by atoms with E-state index in [1.54, 1.807) is 0 Å². The molecule has 94 valence electrons. The molecule has 0 aromatic heterocycles. The quantitative estimate of drug-likeness (QED) is 0.710. The molecule has 0 aliphatic heterocycles. The number of hydrogen-bond acceptors (Lipinski definition) is 3. The maximum Gasteiger partial charge on any atom is 0.307 e. The molecule has 0 spiro atoms. The molecule has 0 fully saturated rings. The molecule has 0 amide bonds. The molecule has 0 bridgehead atoms. The van der Waals surface area contributed by atoms with Gasteiger partial charge in [-0.2, -0.15) is 0 Å². The first-order valence-corrected chi connectivity index (χ1v) is 6.16. The van der Waals surface area contributed by atoms with E-state index in [9.17, 15) is 4.79 Å². The Morgan fingerprint density at radius 2 is 1.94 bits per heavy atom. The molecule has 3 heteroatoms. The van der Waals surface area contributed by atoms with E-state index < -0.39 is 0 Å². The van der Waals surface area contributed by atoms with Gasteiger partial charge >= 0.3 is 5.97 Å². The lowest BCUT2D eigenvalue weighted by atomic mass is 10.1. The van der Waals surface area contributed by atoms with Crippen LogP contribution < -0.4 is 4.90 Å². The summed E-state index contributed by atoms with van der Waals surface area (Å²) < 4.78 is 4.98. The Morgan fingerprint density at radius 1 is 1.29 bits per heavy atom. The summed E-state index contributed by atoms with van der Waals surface area (Å²) in [6.07, 6.45) is 0.427. The second-order valence-electron chi connectivity index (χ2n) is 3.98. The zero-order valence-electron chi connectivity index (χ0n) is 10.8. The molecule has 1 rings (SSSR count). The first-order chi connectivity index (χ1) is 8.19. The number of carbonyl (C=O) groups excluding carboxylic acids is 1. The third-order valence-electron chi connectivity index (χ3n) is 2.73. The van der Waals surface area contributed by atoms with Crippen LogP contribution in [-0.2, 0) is 9.53 Å². The van der Waals surface area contributed by atoms with Crippen LogP contribution in [0, 0.1) is 0 Å². The van der Waals surface area contributed by atoms with Crippen LogP contribution in [0.4, 0.5) is 5.69 Å². The minimum atomic E-state index is -0.130. The van der Waals surface area contributed by atoms with E-state index in [4.69, 9.17) is 4.74 Å². The highest BCUT2D eigenvalue weighted by atomic mass is 16.5. The van der Waals surface area contributed by atoms with Crippen molar-refractivity contribution in [3.8, 4) is 0 Å². The lowest BCUT2D eigenvalue weighted by molar-refractivity contribution is -0.143. The summed E-state index contributed by atoms with van der Waals surface area (Å²) in [5.74, 6) is -0.130. The largest absolute Gasteiger partial charge is 0.466 e. The smallest absolute Gasteiger partial charge is 0.307 e. The van der Waals surface area contributed by atoms with Gasteiger partial charge < -0.3 is 9.64 Å². The van der Waals surface area contributed by atoms with Crippen LogP contribution in [0.1, 0.15) is 27.2 Å². The second-order valence-corrected chi connectivity index (χ2v) is 3.98. The summed E-state index contributed by atoms with van der Waals surface area (Å²) >= 11 is 0. The van der Waals surface area contributed by atoms with Gasteiger partial charge in [-0.15, -0.1) is 0 Å². The fourth-order valence-electron chi connectivity index (χ4n) is 1.94. The number of nitrogens with zero attached hydrogens (tertiary/aromatic N) is 1. The van der Waals surface area contributed by atoms with Gasteiger partial charge in [-0.25, -0.2) is 0 Å². The molecule has 17 heavy (non-hydrogen) atoms. The second kappa shape index (κ2) is 6.94. The topological polar surface area (TPSA) is 29.5 Å². The van der Waals surface area contributed by atoms with Gasteiger partial charge in [0.2, 0.25) is 0 Å². The Bertz CT molecular complexity index is 337. The predicted octanol–water partition coefficient (Wildman–Crippen LogP) is 2.85. The Hall–Kier alpha value is -1.51. The van der Waals surface area contributed by atoms with E-state index in [0.29, 0.717) is 13.0 Å². The Kier molecular flexibility index (Phi) is 5.53. The van der Waals surface area contributed by atoms with E-state index in [1.165, 1.54) is 0 Å². The van der Waals surface area contributed by atoms with Crippen LogP contribution in [0.5, 0.6) is 0 Å². The van der Waals surface area contributed by atoms with E-state index in [1.807, 2.05) is 32.0 Å². The van der Waals surface area contributed by atoms with Gasteiger partial charge in [0.05, 0.1) is 13.0 Å². The van der Waals surface area contributed by atoms with E-state index in [-0.39, 0.29) is 12.0 Å². The van der Waals surface area contributed by atoms with Gasteiger partial charge in [0.15, 0.2) is 0 Å². The van der Waals surface area contributed by atoms with Crippen LogP contribution >= 0.6 is 0 Å².